The van der Waals surface area contributed by atoms with Crippen LogP contribution < -0.4 is 0 Å². The molecule has 1 unspecified atom stereocenters. The summed E-state index contributed by atoms with van der Waals surface area (Å²) in [6.07, 6.45) is 3.40. The van der Waals surface area contributed by atoms with Crippen molar-refractivity contribution in [2.75, 3.05) is 59.0 Å². The van der Waals surface area contributed by atoms with E-state index in [-0.39, 0.29) is 11.8 Å². The minimum atomic E-state index is 0.141. The molecule has 30 heavy (non-hydrogen) atoms. The molecule has 6 nitrogen and oxygen atoms in total. The molecule has 0 aromatic carbocycles. The Balaban J connectivity index is 1.31. The number of ether oxygens (including phenoxy) is 1. The second-order valence-corrected chi connectivity index (χ2v) is 11.1. The van der Waals surface area contributed by atoms with Crippen LogP contribution in [0.5, 0.6) is 0 Å². The number of hydrogen-bond donors (Lipinski definition) is 0. The first kappa shape index (κ1) is 21.8. The molecule has 0 spiro atoms. The van der Waals surface area contributed by atoms with Gasteiger partial charge in [0.25, 0.3) is 5.91 Å². The van der Waals surface area contributed by atoms with Crippen LogP contribution in [0.3, 0.4) is 0 Å². The summed E-state index contributed by atoms with van der Waals surface area (Å²) in [5.41, 5.74) is 1.70. The third kappa shape index (κ3) is 4.89. The second-order valence-electron chi connectivity index (χ2n) is 9.93. The molecule has 0 radical (unpaired) electrons. The molecule has 1 atom stereocenters. The van der Waals surface area contributed by atoms with Crippen molar-refractivity contribution in [3.63, 3.8) is 0 Å². The predicted octanol–water partition coefficient (Wildman–Crippen LogP) is 2.52. The van der Waals surface area contributed by atoms with Gasteiger partial charge in [0, 0.05) is 44.1 Å². The maximum absolute atomic E-state index is 13.1. The molecule has 4 rings (SSSR count). The van der Waals surface area contributed by atoms with Crippen molar-refractivity contribution in [3.05, 3.63) is 21.4 Å². The zero-order valence-electron chi connectivity index (χ0n) is 18.6. The number of carbonyl (C=O) groups excluding carboxylic acids is 2. The van der Waals surface area contributed by atoms with Crippen LogP contribution in [-0.2, 0) is 22.4 Å². The summed E-state index contributed by atoms with van der Waals surface area (Å²) < 4.78 is 5.35. The quantitative estimate of drug-likeness (QED) is 0.735. The van der Waals surface area contributed by atoms with Gasteiger partial charge in [-0.3, -0.25) is 14.5 Å². The lowest BCUT2D eigenvalue weighted by Gasteiger charge is -2.36. The average Bonchev–Trinajstić information content (AvgIpc) is 3.17. The lowest BCUT2D eigenvalue weighted by molar-refractivity contribution is -0.134. The summed E-state index contributed by atoms with van der Waals surface area (Å²) in [5.74, 6) is 0.995. The largest absolute Gasteiger partial charge is 0.379 e. The Morgan fingerprint density at radius 2 is 1.73 bits per heavy atom. The highest BCUT2D eigenvalue weighted by Crippen LogP contribution is 2.40. The zero-order chi connectivity index (χ0) is 21.3. The van der Waals surface area contributed by atoms with E-state index in [2.05, 4.69) is 31.7 Å². The highest BCUT2D eigenvalue weighted by atomic mass is 32.1. The van der Waals surface area contributed by atoms with Gasteiger partial charge in [-0.15, -0.1) is 11.3 Å². The van der Waals surface area contributed by atoms with E-state index < -0.39 is 0 Å². The van der Waals surface area contributed by atoms with Gasteiger partial charge in [0.1, 0.15) is 0 Å². The molecule has 0 N–H and O–H groups in total. The molecular weight excluding hydrogens is 398 g/mol. The summed E-state index contributed by atoms with van der Waals surface area (Å²) >= 11 is 1.69. The van der Waals surface area contributed by atoms with Crippen LogP contribution in [0.15, 0.2) is 6.07 Å². The molecule has 1 aliphatic carbocycles. The van der Waals surface area contributed by atoms with E-state index in [1.165, 1.54) is 16.9 Å². The lowest BCUT2D eigenvalue weighted by Crippen LogP contribution is -2.53. The molecule has 3 aliphatic rings. The first-order valence-corrected chi connectivity index (χ1v) is 12.1. The van der Waals surface area contributed by atoms with Gasteiger partial charge in [-0.25, -0.2) is 0 Å². The van der Waals surface area contributed by atoms with Crippen molar-refractivity contribution in [2.24, 2.45) is 11.3 Å². The second kappa shape index (κ2) is 8.97. The van der Waals surface area contributed by atoms with Gasteiger partial charge in [0.2, 0.25) is 5.91 Å². The van der Waals surface area contributed by atoms with Crippen molar-refractivity contribution in [3.8, 4) is 0 Å². The Labute approximate surface area is 184 Å². The molecule has 7 heteroatoms. The molecule has 2 fully saturated rings. The third-order valence-corrected chi connectivity index (χ3v) is 8.13. The predicted molar refractivity (Wildman–Crippen MR) is 119 cm³/mol. The normalized spacial score (nSPS) is 23.4. The third-order valence-electron chi connectivity index (χ3n) is 6.90. The molecule has 3 heterocycles. The van der Waals surface area contributed by atoms with Gasteiger partial charge in [0.05, 0.1) is 24.6 Å². The van der Waals surface area contributed by atoms with Crippen molar-refractivity contribution in [1.29, 1.82) is 0 Å². The van der Waals surface area contributed by atoms with E-state index in [1.807, 2.05) is 9.80 Å². The number of nitrogens with zero attached hydrogens (tertiary/aromatic N) is 3. The number of thiophene rings is 1. The summed E-state index contributed by atoms with van der Waals surface area (Å²) in [6, 6.07) is 2.15. The van der Waals surface area contributed by atoms with Crippen LogP contribution in [0.1, 0.15) is 47.3 Å². The van der Waals surface area contributed by atoms with Crippen LogP contribution in [0.2, 0.25) is 0 Å². The summed E-state index contributed by atoms with van der Waals surface area (Å²) in [4.78, 5) is 34.0. The molecule has 1 aromatic rings. The van der Waals surface area contributed by atoms with Crippen LogP contribution in [0, 0.1) is 11.3 Å². The van der Waals surface area contributed by atoms with Gasteiger partial charge < -0.3 is 14.5 Å². The first-order chi connectivity index (χ1) is 14.3. The Kier molecular flexibility index (Phi) is 6.51. The Morgan fingerprint density at radius 3 is 2.40 bits per heavy atom. The zero-order valence-corrected chi connectivity index (χ0v) is 19.4. The van der Waals surface area contributed by atoms with Gasteiger partial charge >= 0.3 is 0 Å². The summed E-state index contributed by atoms with van der Waals surface area (Å²) in [7, 11) is 0. The number of fused-ring (bicyclic) bond motifs is 1. The monoisotopic (exact) mass is 433 g/mol. The highest BCUT2D eigenvalue weighted by molar-refractivity contribution is 7.14. The van der Waals surface area contributed by atoms with Crippen LogP contribution in [0.25, 0.3) is 0 Å². The van der Waals surface area contributed by atoms with Gasteiger partial charge in [0.15, 0.2) is 0 Å². The van der Waals surface area contributed by atoms with E-state index in [1.54, 1.807) is 11.3 Å². The Bertz CT molecular complexity index is 771. The van der Waals surface area contributed by atoms with Gasteiger partial charge in [-0.1, -0.05) is 20.8 Å². The number of rotatable bonds is 3. The summed E-state index contributed by atoms with van der Waals surface area (Å²) in [6.45, 7) is 13.0. The van der Waals surface area contributed by atoms with Gasteiger partial charge in [-0.2, -0.15) is 0 Å². The molecule has 2 saturated heterocycles. The topological polar surface area (TPSA) is 53.1 Å². The number of piperazine rings is 1. The minimum absolute atomic E-state index is 0.141. The molecule has 1 aromatic heterocycles. The standard InChI is InChI=1S/C23H35N3O3S/c1-23(2,3)18-4-5-19-17(14-18)15-20(30-19)22(28)26-8-6-25(7-9-26)21(27)16-24-10-12-29-13-11-24/h15,18H,4-14,16H2,1-3H3. The van der Waals surface area contributed by atoms with E-state index in [9.17, 15) is 9.59 Å². The van der Waals surface area contributed by atoms with Gasteiger partial charge in [-0.05, 0) is 42.2 Å². The fraction of sp³-hybridized carbons (Fsp3) is 0.739. The molecule has 2 aliphatic heterocycles. The molecule has 0 saturated carbocycles. The van der Waals surface area contributed by atoms with Crippen LogP contribution in [0.4, 0.5) is 0 Å². The molecular formula is C23H35N3O3S. The Morgan fingerprint density at radius 1 is 1.07 bits per heavy atom. The number of morpholine rings is 1. The summed E-state index contributed by atoms with van der Waals surface area (Å²) in [5, 5.41) is 0. The van der Waals surface area contributed by atoms with E-state index in [0.29, 0.717) is 57.3 Å². The van der Waals surface area contributed by atoms with Crippen molar-refractivity contribution >= 4 is 23.2 Å². The maximum atomic E-state index is 13.1. The average molecular weight is 434 g/mol. The molecule has 0 bridgehead atoms. The van der Waals surface area contributed by atoms with E-state index in [0.717, 1.165) is 30.8 Å². The highest BCUT2D eigenvalue weighted by Gasteiger charge is 2.32. The number of aryl methyl sites for hydroxylation is 1. The smallest absolute Gasteiger partial charge is 0.264 e. The van der Waals surface area contributed by atoms with Crippen molar-refractivity contribution in [2.45, 2.75) is 40.0 Å². The van der Waals surface area contributed by atoms with Crippen molar-refractivity contribution < 1.29 is 14.3 Å². The number of carbonyl (C=O) groups is 2. The van der Waals surface area contributed by atoms with E-state index >= 15 is 0 Å². The van der Waals surface area contributed by atoms with Crippen LogP contribution in [-0.4, -0.2) is 85.5 Å². The Hall–Kier alpha value is -1.44. The fourth-order valence-electron chi connectivity index (χ4n) is 4.73. The lowest BCUT2D eigenvalue weighted by atomic mass is 9.72. The first-order valence-electron chi connectivity index (χ1n) is 11.3. The number of hydrogen-bond acceptors (Lipinski definition) is 5. The van der Waals surface area contributed by atoms with E-state index in [4.69, 9.17) is 4.74 Å². The molecule has 2 amide bonds. The minimum Gasteiger partial charge on any atom is -0.379 e. The van der Waals surface area contributed by atoms with Crippen molar-refractivity contribution in [1.82, 2.24) is 14.7 Å². The SMILES string of the molecule is CC(C)(C)C1CCc2sc(C(=O)N3CCN(C(=O)CN4CCOCC4)CC3)cc2C1. The maximum Gasteiger partial charge on any atom is 0.264 e. The number of amides is 2. The molecule has 166 valence electrons. The fourth-order valence-corrected chi connectivity index (χ4v) is 5.91. The van der Waals surface area contributed by atoms with Crippen LogP contribution >= 0.6 is 11.3 Å².